The first-order valence-electron chi connectivity index (χ1n) is 5.75. The van der Waals surface area contributed by atoms with E-state index in [-0.39, 0.29) is 0 Å². The Morgan fingerprint density at radius 2 is 2.07 bits per heavy atom. The Morgan fingerprint density at radius 1 is 1.40 bits per heavy atom. The van der Waals surface area contributed by atoms with Gasteiger partial charge in [0.05, 0.1) is 0 Å². The van der Waals surface area contributed by atoms with Crippen LogP contribution in [-0.2, 0) is 0 Å². The molecular formula is C11H25N3S. The minimum absolute atomic E-state index is 0.439. The van der Waals surface area contributed by atoms with Crippen LogP contribution in [0.25, 0.3) is 0 Å². The third-order valence-electron chi connectivity index (χ3n) is 2.20. The van der Waals surface area contributed by atoms with Gasteiger partial charge in [0.1, 0.15) is 0 Å². The fourth-order valence-corrected chi connectivity index (χ4v) is 1.48. The maximum atomic E-state index is 5.19. The molecular weight excluding hydrogens is 206 g/mol. The molecule has 3 nitrogen and oxygen atoms in total. The van der Waals surface area contributed by atoms with Crippen LogP contribution in [0.3, 0.4) is 0 Å². The van der Waals surface area contributed by atoms with Gasteiger partial charge < -0.3 is 15.5 Å². The van der Waals surface area contributed by atoms with Gasteiger partial charge in [0.25, 0.3) is 0 Å². The predicted octanol–water partition coefficient (Wildman–Crippen LogP) is 1.59. The number of rotatable bonds is 7. The van der Waals surface area contributed by atoms with Gasteiger partial charge in [-0.15, -0.1) is 0 Å². The molecule has 0 rings (SSSR count). The SMILES string of the molecule is CCCCNC(=S)NC(C)CCN(C)C. The molecule has 1 unspecified atom stereocenters. The zero-order chi connectivity index (χ0) is 11.7. The minimum Gasteiger partial charge on any atom is -0.363 e. The summed E-state index contributed by atoms with van der Waals surface area (Å²) >= 11 is 5.19. The molecule has 1 atom stereocenters. The summed E-state index contributed by atoms with van der Waals surface area (Å²) in [6.45, 7) is 6.41. The average molecular weight is 231 g/mol. The van der Waals surface area contributed by atoms with Crippen molar-refractivity contribution < 1.29 is 0 Å². The molecule has 4 heteroatoms. The van der Waals surface area contributed by atoms with E-state index >= 15 is 0 Å². The van der Waals surface area contributed by atoms with Gasteiger partial charge in [-0.2, -0.15) is 0 Å². The lowest BCUT2D eigenvalue weighted by Crippen LogP contribution is -2.41. The molecule has 0 aromatic heterocycles. The van der Waals surface area contributed by atoms with Gasteiger partial charge in [0.15, 0.2) is 5.11 Å². The monoisotopic (exact) mass is 231 g/mol. The van der Waals surface area contributed by atoms with E-state index in [2.05, 4.69) is 43.5 Å². The normalized spacial score (nSPS) is 12.6. The van der Waals surface area contributed by atoms with E-state index in [9.17, 15) is 0 Å². The van der Waals surface area contributed by atoms with Crippen LogP contribution in [0.2, 0.25) is 0 Å². The highest BCUT2D eigenvalue weighted by Crippen LogP contribution is 1.92. The molecule has 0 aromatic carbocycles. The second kappa shape index (κ2) is 8.92. The van der Waals surface area contributed by atoms with Crippen molar-refractivity contribution in [2.75, 3.05) is 27.2 Å². The predicted molar refractivity (Wildman–Crippen MR) is 71.3 cm³/mol. The van der Waals surface area contributed by atoms with Crippen molar-refractivity contribution in [2.24, 2.45) is 0 Å². The largest absolute Gasteiger partial charge is 0.363 e. The van der Waals surface area contributed by atoms with Gasteiger partial charge >= 0.3 is 0 Å². The summed E-state index contributed by atoms with van der Waals surface area (Å²) < 4.78 is 0. The van der Waals surface area contributed by atoms with Crippen LogP contribution in [0, 0.1) is 0 Å². The smallest absolute Gasteiger partial charge is 0.166 e. The van der Waals surface area contributed by atoms with Gasteiger partial charge in [-0.25, -0.2) is 0 Å². The zero-order valence-corrected chi connectivity index (χ0v) is 11.3. The standard InChI is InChI=1S/C11H25N3S/c1-5-6-8-12-11(15)13-10(2)7-9-14(3)4/h10H,5-9H2,1-4H3,(H2,12,13,15). The lowest BCUT2D eigenvalue weighted by atomic mass is 10.2. The van der Waals surface area contributed by atoms with Crippen molar-refractivity contribution in [1.29, 1.82) is 0 Å². The van der Waals surface area contributed by atoms with Crippen LogP contribution in [0.4, 0.5) is 0 Å². The fourth-order valence-electron chi connectivity index (χ4n) is 1.18. The number of nitrogens with one attached hydrogen (secondary N) is 2. The van der Waals surface area contributed by atoms with E-state index in [0.29, 0.717) is 6.04 Å². The van der Waals surface area contributed by atoms with E-state index in [4.69, 9.17) is 12.2 Å². The van der Waals surface area contributed by atoms with Crippen molar-refractivity contribution in [3.05, 3.63) is 0 Å². The number of hydrogen-bond donors (Lipinski definition) is 2. The van der Waals surface area contributed by atoms with Gasteiger partial charge in [0.2, 0.25) is 0 Å². The first-order valence-corrected chi connectivity index (χ1v) is 6.16. The molecule has 0 saturated heterocycles. The lowest BCUT2D eigenvalue weighted by molar-refractivity contribution is 0.378. The molecule has 0 radical (unpaired) electrons. The van der Waals surface area contributed by atoms with Crippen molar-refractivity contribution in [3.8, 4) is 0 Å². The summed E-state index contributed by atoms with van der Waals surface area (Å²) in [6.07, 6.45) is 3.49. The van der Waals surface area contributed by atoms with Gasteiger partial charge in [-0.1, -0.05) is 13.3 Å². The van der Waals surface area contributed by atoms with E-state index in [1.165, 1.54) is 12.8 Å². The van der Waals surface area contributed by atoms with E-state index in [1.54, 1.807) is 0 Å². The molecule has 0 amide bonds. The molecule has 0 bridgehead atoms. The van der Waals surface area contributed by atoms with Crippen LogP contribution < -0.4 is 10.6 Å². The molecule has 0 aliphatic carbocycles. The molecule has 0 fully saturated rings. The van der Waals surface area contributed by atoms with Crippen molar-refractivity contribution in [3.63, 3.8) is 0 Å². The van der Waals surface area contributed by atoms with Gasteiger partial charge in [-0.05, 0) is 52.6 Å². The Labute approximate surface area is 99.6 Å². The van der Waals surface area contributed by atoms with Crippen LogP contribution in [0.1, 0.15) is 33.1 Å². The summed E-state index contributed by atoms with van der Waals surface area (Å²) in [4.78, 5) is 2.19. The van der Waals surface area contributed by atoms with Crippen LogP contribution >= 0.6 is 12.2 Å². The van der Waals surface area contributed by atoms with Crippen LogP contribution in [0.15, 0.2) is 0 Å². The topological polar surface area (TPSA) is 27.3 Å². The molecule has 0 aliphatic heterocycles. The number of nitrogens with zero attached hydrogens (tertiary/aromatic N) is 1. The molecule has 0 aromatic rings. The molecule has 0 heterocycles. The highest BCUT2D eigenvalue weighted by atomic mass is 32.1. The quantitative estimate of drug-likeness (QED) is 0.514. The summed E-state index contributed by atoms with van der Waals surface area (Å²) in [5.74, 6) is 0. The molecule has 0 aliphatic rings. The Hall–Kier alpha value is -0.350. The first kappa shape index (κ1) is 14.6. The van der Waals surface area contributed by atoms with Crippen LogP contribution in [-0.4, -0.2) is 43.2 Å². The Kier molecular flexibility index (Phi) is 8.71. The molecule has 90 valence electrons. The number of hydrogen-bond acceptors (Lipinski definition) is 2. The lowest BCUT2D eigenvalue weighted by Gasteiger charge is -2.18. The number of unbranched alkanes of at least 4 members (excludes halogenated alkanes) is 1. The van der Waals surface area contributed by atoms with Crippen molar-refractivity contribution in [1.82, 2.24) is 15.5 Å². The number of thiocarbonyl (C=S) groups is 1. The highest BCUT2D eigenvalue weighted by molar-refractivity contribution is 7.80. The average Bonchev–Trinajstić information content (AvgIpc) is 2.15. The summed E-state index contributed by atoms with van der Waals surface area (Å²) in [5, 5.41) is 7.28. The summed E-state index contributed by atoms with van der Waals surface area (Å²) in [6, 6.07) is 0.439. The molecule has 15 heavy (non-hydrogen) atoms. The zero-order valence-electron chi connectivity index (χ0n) is 10.5. The maximum Gasteiger partial charge on any atom is 0.166 e. The first-order chi connectivity index (χ1) is 7.06. The van der Waals surface area contributed by atoms with Crippen molar-refractivity contribution >= 4 is 17.3 Å². The van der Waals surface area contributed by atoms with E-state index in [1.807, 2.05) is 0 Å². The Balaban J connectivity index is 3.49. The highest BCUT2D eigenvalue weighted by Gasteiger charge is 2.03. The van der Waals surface area contributed by atoms with Crippen LogP contribution in [0.5, 0.6) is 0 Å². The summed E-state index contributed by atoms with van der Waals surface area (Å²) in [7, 11) is 4.18. The fraction of sp³-hybridized carbons (Fsp3) is 0.909. The third-order valence-corrected chi connectivity index (χ3v) is 2.46. The maximum absolute atomic E-state index is 5.19. The van der Waals surface area contributed by atoms with E-state index in [0.717, 1.165) is 24.6 Å². The van der Waals surface area contributed by atoms with Gasteiger partial charge in [0, 0.05) is 12.6 Å². The molecule has 2 N–H and O–H groups in total. The van der Waals surface area contributed by atoms with Gasteiger partial charge in [-0.3, -0.25) is 0 Å². The minimum atomic E-state index is 0.439. The Bertz CT molecular complexity index is 171. The molecule has 0 spiro atoms. The second-order valence-corrected chi connectivity index (χ2v) is 4.66. The summed E-state index contributed by atoms with van der Waals surface area (Å²) in [5.41, 5.74) is 0. The third kappa shape index (κ3) is 9.94. The van der Waals surface area contributed by atoms with E-state index < -0.39 is 0 Å². The second-order valence-electron chi connectivity index (χ2n) is 4.25. The Morgan fingerprint density at radius 3 is 2.60 bits per heavy atom. The van der Waals surface area contributed by atoms with Crippen molar-refractivity contribution in [2.45, 2.75) is 39.2 Å². The molecule has 0 saturated carbocycles.